The summed E-state index contributed by atoms with van der Waals surface area (Å²) in [5.41, 5.74) is 2.83. The normalized spacial score (nSPS) is 11.6. The number of carbonyl (C=O) groups excluding carboxylic acids is 1. The molecule has 1 aromatic heterocycles. The highest BCUT2D eigenvalue weighted by molar-refractivity contribution is 7.89. The van der Waals surface area contributed by atoms with Gasteiger partial charge in [-0.25, -0.2) is 17.9 Å². The third-order valence-corrected chi connectivity index (χ3v) is 5.40. The van der Waals surface area contributed by atoms with Crippen LogP contribution in [0.15, 0.2) is 59.5 Å². The maximum absolute atomic E-state index is 14.5. The van der Waals surface area contributed by atoms with Crippen LogP contribution < -0.4 is 5.14 Å². The van der Waals surface area contributed by atoms with Crippen LogP contribution in [0.5, 0.6) is 0 Å². The molecule has 140 valence electrons. The average molecular weight is 386 g/mol. The van der Waals surface area contributed by atoms with Crippen molar-refractivity contribution in [2.45, 2.75) is 18.2 Å². The lowest BCUT2D eigenvalue weighted by Gasteiger charge is -2.08. The summed E-state index contributed by atoms with van der Waals surface area (Å²) in [7, 11) is -2.14. The Morgan fingerprint density at radius 2 is 1.67 bits per heavy atom. The van der Waals surface area contributed by atoms with Gasteiger partial charge in [0.2, 0.25) is 15.8 Å². The summed E-state index contributed by atoms with van der Waals surface area (Å²) < 4.78 is 38.7. The number of benzene rings is 2. The molecule has 0 spiro atoms. The molecule has 27 heavy (non-hydrogen) atoms. The van der Waals surface area contributed by atoms with Gasteiger partial charge in [-0.05, 0) is 24.6 Å². The highest BCUT2D eigenvalue weighted by Crippen LogP contribution is 2.21. The molecule has 3 rings (SSSR count). The van der Waals surface area contributed by atoms with Crippen molar-refractivity contribution in [3.8, 4) is 0 Å². The van der Waals surface area contributed by atoms with Crippen LogP contribution in [0.1, 0.15) is 32.9 Å². The predicted octanol–water partition coefficient (Wildman–Crippen LogP) is 2.94. The Morgan fingerprint density at radius 1 is 1.07 bits per heavy atom. The summed E-state index contributed by atoms with van der Waals surface area (Å²) in [6, 6.07) is 14.2. The zero-order chi connectivity index (χ0) is 19.8. The summed E-state index contributed by atoms with van der Waals surface area (Å²) in [6.07, 6.45) is 0.217. The predicted molar refractivity (Wildman–Crippen MR) is 101 cm³/mol. The minimum absolute atomic E-state index is 0.00570. The molecular weight excluding hydrogens is 367 g/mol. The zero-order valence-electron chi connectivity index (χ0n) is 14.9. The molecule has 0 aliphatic rings. The van der Waals surface area contributed by atoms with E-state index in [9.17, 15) is 17.6 Å². The zero-order valence-corrected chi connectivity index (χ0v) is 15.8. The molecule has 1 heterocycles. The van der Waals surface area contributed by atoms with Crippen molar-refractivity contribution in [1.29, 1.82) is 0 Å². The molecule has 2 N–H and O–H groups in total. The summed E-state index contributed by atoms with van der Waals surface area (Å²) in [6.45, 7) is 1.93. The second kappa shape index (κ2) is 7.09. The lowest BCUT2D eigenvalue weighted by atomic mass is 10.1. The highest BCUT2D eigenvalue weighted by Gasteiger charge is 2.19. The Bertz CT molecular complexity index is 1100. The van der Waals surface area contributed by atoms with E-state index in [0.717, 1.165) is 5.56 Å². The number of hydrogen-bond acceptors (Lipinski definition) is 3. The molecule has 0 amide bonds. The first-order chi connectivity index (χ1) is 12.7. The molecule has 0 radical (unpaired) electrons. The maximum Gasteiger partial charge on any atom is 0.238 e. The Kier molecular flexibility index (Phi) is 4.99. The molecule has 3 aromatic rings. The third-order valence-electron chi connectivity index (χ3n) is 4.48. The third kappa shape index (κ3) is 3.99. The maximum atomic E-state index is 14.5. The Morgan fingerprint density at radius 3 is 2.22 bits per heavy atom. The molecule has 0 fully saturated rings. The number of carbonyl (C=O) groups is 1. The first kappa shape index (κ1) is 19.0. The molecule has 0 bridgehead atoms. The van der Waals surface area contributed by atoms with Crippen molar-refractivity contribution in [2.75, 3.05) is 0 Å². The van der Waals surface area contributed by atoms with Gasteiger partial charge in [-0.1, -0.05) is 42.0 Å². The number of hydrogen-bond donors (Lipinski definition) is 1. The molecule has 0 saturated carbocycles. The monoisotopic (exact) mass is 386 g/mol. The first-order valence-electron chi connectivity index (χ1n) is 8.24. The van der Waals surface area contributed by atoms with E-state index in [1.807, 2.05) is 19.1 Å². The van der Waals surface area contributed by atoms with Crippen molar-refractivity contribution in [3.63, 3.8) is 0 Å². The lowest BCUT2D eigenvalue weighted by Crippen LogP contribution is -2.12. The number of primary sulfonamides is 1. The lowest BCUT2D eigenvalue weighted by molar-refractivity contribution is 0.103. The van der Waals surface area contributed by atoms with Gasteiger partial charge >= 0.3 is 0 Å². The summed E-state index contributed by atoms with van der Waals surface area (Å²) in [5.74, 6) is -0.740. The van der Waals surface area contributed by atoms with E-state index in [1.165, 1.54) is 22.8 Å². The summed E-state index contributed by atoms with van der Waals surface area (Å²) >= 11 is 0. The Labute approximate surface area is 157 Å². The van der Waals surface area contributed by atoms with Crippen LogP contribution in [0.25, 0.3) is 0 Å². The number of nitrogens with zero attached hydrogens (tertiary/aromatic N) is 1. The number of aryl methyl sites for hydroxylation is 1. The SMILES string of the molecule is Cc1ccc(C(=O)c2cc(F)c(Cc3ccc(S(N)(=O)=O)cc3)n2C)cc1. The smallest absolute Gasteiger partial charge is 0.238 e. The topological polar surface area (TPSA) is 82.2 Å². The standard InChI is InChI=1S/C20H19FN2O3S/c1-13-3-7-15(8-4-13)20(24)19-12-17(21)18(23(19)2)11-14-5-9-16(10-6-14)27(22,25)26/h3-10,12H,11H2,1-2H3,(H2,22,25,26). The molecule has 0 atom stereocenters. The van der Waals surface area contributed by atoms with Gasteiger partial charge in [0.25, 0.3) is 0 Å². The molecule has 0 aliphatic carbocycles. The van der Waals surface area contributed by atoms with E-state index in [4.69, 9.17) is 5.14 Å². The van der Waals surface area contributed by atoms with Crippen molar-refractivity contribution < 1.29 is 17.6 Å². The van der Waals surface area contributed by atoms with E-state index in [2.05, 4.69) is 0 Å². The fourth-order valence-electron chi connectivity index (χ4n) is 2.87. The average Bonchev–Trinajstić information content (AvgIpc) is 2.90. The molecular formula is C20H19FN2O3S. The van der Waals surface area contributed by atoms with Crippen LogP contribution in [0.4, 0.5) is 4.39 Å². The number of halogens is 1. The van der Waals surface area contributed by atoms with Crippen LogP contribution >= 0.6 is 0 Å². The van der Waals surface area contributed by atoms with E-state index in [0.29, 0.717) is 16.8 Å². The molecule has 0 unspecified atom stereocenters. The second-order valence-corrected chi connectivity index (χ2v) is 8.01. The highest BCUT2D eigenvalue weighted by atomic mass is 32.2. The van der Waals surface area contributed by atoms with Crippen LogP contribution in [0.3, 0.4) is 0 Å². The van der Waals surface area contributed by atoms with E-state index in [1.54, 1.807) is 31.3 Å². The first-order valence-corrected chi connectivity index (χ1v) is 9.78. The van der Waals surface area contributed by atoms with Gasteiger partial charge in [-0.15, -0.1) is 0 Å². The number of aromatic nitrogens is 1. The van der Waals surface area contributed by atoms with E-state index >= 15 is 0 Å². The molecule has 0 aliphatic heterocycles. The van der Waals surface area contributed by atoms with Gasteiger partial charge < -0.3 is 4.57 Å². The largest absolute Gasteiger partial charge is 0.342 e. The van der Waals surface area contributed by atoms with Gasteiger partial charge in [0.1, 0.15) is 5.82 Å². The fraction of sp³-hybridized carbons (Fsp3) is 0.150. The van der Waals surface area contributed by atoms with Crippen molar-refractivity contribution in [3.05, 3.63) is 88.5 Å². The van der Waals surface area contributed by atoms with Crippen molar-refractivity contribution in [2.24, 2.45) is 12.2 Å². The number of nitrogens with two attached hydrogens (primary N) is 1. The van der Waals surface area contributed by atoms with Crippen LogP contribution in [-0.2, 0) is 23.5 Å². The van der Waals surface area contributed by atoms with Gasteiger partial charge in [0, 0.05) is 25.1 Å². The summed E-state index contributed by atoms with van der Waals surface area (Å²) in [4.78, 5) is 12.7. The quantitative estimate of drug-likeness (QED) is 0.685. The van der Waals surface area contributed by atoms with Gasteiger partial charge in [0.05, 0.1) is 16.3 Å². The number of ketones is 1. The van der Waals surface area contributed by atoms with Crippen molar-refractivity contribution in [1.82, 2.24) is 4.57 Å². The minimum atomic E-state index is -3.77. The Hall–Kier alpha value is -2.77. The van der Waals surface area contributed by atoms with E-state index in [-0.39, 0.29) is 22.8 Å². The molecule has 5 nitrogen and oxygen atoms in total. The number of sulfonamides is 1. The number of rotatable bonds is 5. The second-order valence-electron chi connectivity index (χ2n) is 6.44. The minimum Gasteiger partial charge on any atom is -0.342 e. The van der Waals surface area contributed by atoms with Gasteiger partial charge in [-0.2, -0.15) is 0 Å². The molecule has 7 heteroatoms. The fourth-order valence-corrected chi connectivity index (χ4v) is 3.39. The van der Waals surface area contributed by atoms with Crippen LogP contribution in [-0.4, -0.2) is 18.8 Å². The Balaban J connectivity index is 1.90. The summed E-state index contributed by atoms with van der Waals surface area (Å²) in [5, 5.41) is 5.08. The van der Waals surface area contributed by atoms with Crippen molar-refractivity contribution >= 4 is 15.8 Å². The van der Waals surface area contributed by atoms with Gasteiger partial charge in [-0.3, -0.25) is 4.79 Å². The molecule has 2 aromatic carbocycles. The van der Waals surface area contributed by atoms with Crippen LogP contribution in [0, 0.1) is 12.7 Å². The van der Waals surface area contributed by atoms with Crippen LogP contribution in [0.2, 0.25) is 0 Å². The van der Waals surface area contributed by atoms with E-state index < -0.39 is 15.8 Å². The van der Waals surface area contributed by atoms with Gasteiger partial charge in [0.15, 0.2) is 0 Å². The molecule has 0 saturated heterocycles.